The molecule has 1 unspecified atom stereocenters. The summed E-state index contributed by atoms with van der Waals surface area (Å²) in [5.74, 6) is 0.496. The lowest BCUT2D eigenvalue weighted by atomic mass is 9.94. The van der Waals surface area contributed by atoms with Crippen LogP contribution < -0.4 is 0 Å². The van der Waals surface area contributed by atoms with E-state index in [9.17, 15) is 0 Å². The Bertz CT molecular complexity index is 869. The average Bonchev–Trinajstić information content (AvgIpc) is 2.88. The molecule has 0 fully saturated rings. The lowest BCUT2D eigenvalue weighted by molar-refractivity contribution is 0.982. The van der Waals surface area contributed by atoms with Crippen LogP contribution in [0.2, 0.25) is 0 Å². The Morgan fingerprint density at radius 2 is 1.76 bits per heavy atom. The van der Waals surface area contributed by atoms with Crippen LogP contribution in [0, 0.1) is 0 Å². The summed E-state index contributed by atoms with van der Waals surface area (Å²) in [4.78, 5) is 0. The minimum atomic E-state index is 0.496. The molecule has 0 bridgehead atoms. The van der Waals surface area contributed by atoms with Gasteiger partial charge in [0, 0.05) is 10.4 Å². The van der Waals surface area contributed by atoms with Crippen molar-refractivity contribution in [2.45, 2.75) is 12.8 Å². The summed E-state index contributed by atoms with van der Waals surface area (Å²) in [6.07, 6.45) is 4.50. The monoisotopic (exact) mass is 334 g/mol. The molecule has 102 valence electrons. The topological polar surface area (TPSA) is 0 Å². The minimum Gasteiger partial charge on any atom is -0.0766 e. The average molecular weight is 335 g/mol. The second-order valence-electron chi connectivity index (χ2n) is 5.64. The summed E-state index contributed by atoms with van der Waals surface area (Å²) in [6.45, 7) is 2.24. The van der Waals surface area contributed by atoms with Crippen LogP contribution in [0.3, 0.4) is 0 Å². The van der Waals surface area contributed by atoms with Crippen molar-refractivity contribution in [1.82, 2.24) is 0 Å². The van der Waals surface area contributed by atoms with Crippen molar-refractivity contribution in [3.63, 3.8) is 0 Å². The fraction of sp³-hybridized carbons (Fsp3) is 0.100. The molecule has 1 aliphatic rings. The van der Waals surface area contributed by atoms with Gasteiger partial charge in [-0.15, -0.1) is 0 Å². The molecule has 1 aliphatic carbocycles. The van der Waals surface area contributed by atoms with Gasteiger partial charge in [0.05, 0.1) is 0 Å². The summed E-state index contributed by atoms with van der Waals surface area (Å²) in [7, 11) is 0. The highest BCUT2D eigenvalue weighted by atomic mass is 79.9. The summed E-state index contributed by atoms with van der Waals surface area (Å²) in [5, 5.41) is 2.59. The fourth-order valence-electron chi connectivity index (χ4n) is 3.23. The van der Waals surface area contributed by atoms with Gasteiger partial charge in [0.2, 0.25) is 0 Å². The number of rotatable bonds is 1. The fourth-order valence-corrected chi connectivity index (χ4v) is 4.07. The van der Waals surface area contributed by atoms with E-state index in [1.165, 1.54) is 37.5 Å². The van der Waals surface area contributed by atoms with Crippen LogP contribution in [0.1, 0.15) is 24.0 Å². The van der Waals surface area contributed by atoms with Crippen molar-refractivity contribution in [2.24, 2.45) is 0 Å². The highest BCUT2D eigenvalue weighted by Crippen LogP contribution is 2.40. The van der Waals surface area contributed by atoms with Gasteiger partial charge in [-0.2, -0.15) is 0 Å². The Labute approximate surface area is 133 Å². The van der Waals surface area contributed by atoms with Crippen molar-refractivity contribution in [2.75, 3.05) is 0 Å². The van der Waals surface area contributed by atoms with Crippen molar-refractivity contribution < 1.29 is 0 Å². The van der Waals surface area contributed by atoms with Crippen LogP contribution in [-0.2, 0) is 0 Å². The summed E-state index contributed by atoms with van der Waals surface area (Å²) >= 11 is 3.76. The zero-order valence-electron chi connectivity index (χ0n) is 11.8. The van der Waals surface area contributed by atoms with Crippen LogP contribution in [0.25, 0.3) is 28.0 Å². The van der Waals surface area contributed by atoms with Gasteiger partial charge in [0.15, 0.2) is 0 Å². The van der Waals surface area contributed by atoms with Gasteiger partial charge < -0.3 is 0 Å². The molecule has 0 radical (unpaired) electrons. The zero-order chi connectivity index (χ0) is 14.4. The van der Waals surface area contributed by atoms with Crippen molar-refractivity contribution in [3.8, 4) is 11.1 Å². The van der Waals surface area contributed by atoms with E-state index in [0.29, 0.717) is 5.92 Å². The van der Waals surface area contributed by atoms with Gasteiger partial charge in [-0.1, -0.05) is 77.5 Å². The molecular formula is C20H15Br. The molecule has 0 aromatic heterocycles. The molecule has 0 saturated heterocycles. The maximum Gasteiger partial charge on any atom is 0.0225 e. The minimum absolute atomic E-state index is 0.496. The number of fused-ring (bicyclic) bond motifs is 2. The molecule has 0 N–H and O–H groups in total. The summed E-state index contributed by atoms with van der Waals surface area (Å²) < 4.78 is 1.21. The highest BCUT2D eigenvalue weighted by Gasteiger charge is 2.18. The van der Waals surface area contributed by atoms with E-state index in [0.717, 1.165) is 0 Å². The first-order valence-corrected chi connectivity index (χ1v) is 8.03. The molecule has 1 atom stereocenters. The number of benzene rings is 3. The molecule has 3 aromatic carbocycles. The van der Waals surface area contributed by atoms with Crippen LogP contribution in [0.5, 0.6) is 0 Å². The molecule has 0 amide bonds. The number of hydrogen-bond donors (Lipinski definition) is 0. The Morgan fingerprint density at radius 1 is 0.952 bits per heavy atom. The lowest BCUT2D eigenvalue weighted by Crippen LogP contribution is -1.91. The van der Waals surface area contributed by atoms with Crippen molar-refractivity contribution >= 4 is 32.8 Å². The van der Waals surface area contributed by atoms with Gasteiger partial charge in [-0.05, 0) is 45.2 Å². The summed E-state index contributed by atoms with van der Waals surface area (Å²) in [5.41, 5.74) is 5.31. The first-order chi connectivity index (χ1) is 10.2. The summed E-state index contributed by atoms with van der Waals surface area (Å²) in [6, 6.07) is 19.6. The van der Waals surface area contributed by atoms with Gasteiger partial charge in [0.1, 0.15) is 0 Å². The standard InChI is InChI=1S/C20H15Br/c1-13-9-10-15-11-16(12-19(21)20(13)15)18-8-4-6-14-5-2-3-7-17(14)18/h2-13H,1H3. The smallest absolute Gasteiger partial charge is 0.0225 e. The molecule has 1 heteroatoms. The third-order valence-corrected chi connectivity index (χ3v) is 4.94. The maximum atomic E-state index is 3.76. The Hall–Kier alpha value is -1.86. The first kappa shape index (κ1) is 12.8. The zero-order valence-corrected chi connectivity index (χ0v) is 13.4. The second-order valence-corrected chi connectivity index (χ2v) is 6.49. The molecule has 0 saturated carbocycles. The van der Waals surface area contributed by atoms with Crippen LogP contribution in [0.15, 0.2) is 65.1 Å². The maximum absolute atomic E-state index is 3.76. The molecule has 0 nitrogen and oxygen atoms in total. The predicted molar refractivity (Wildman–Crippen MR) is 94.5 cm³/mol. The molecular weight excluding hydrogens is 320 g/mol. The van der Waals surface area contributed by atoms with E-state index >= 15 is 0 Å². The Morgan fingerprint density at radius 3 is 2.67 bits per heavy atom. The van der Waals surface area contributed by atoms with Crippen LogP contribution in [0.4, 0.5) is 0 Å². The van der Waals surface area contributed by atoms with E-state index in [1.54, 1.807) is 0 Å². The van der Waals surface area contributed by atoms with Gasteiger partial charge in [-0.25, -0.2) is 0 Å². The molecule has 4 rings (SSSR count). The van der Waals surface area contributed by atoms with Crippen LogP contribution >= 0.6 is 15.9 Å². The Balaban J connectivity index is 1.98. The van der Waals surface area contributed by atoms with Crippen molar-refractivity contribution in [1.29, 1.82) is 0 Å². The van der Waals surface area contributed by atoms with Gasteiger partial charge >= 0.3 is 0 Å². The molecule has 21 heavy (non-hydrogen) atoms. The third kappa shape index (κ3) is 2.04. The largest absolute Gasteiger partial charge is 0.0766 e. The van der Waals surface area contributed by atoms with E-state index < -0.39 is 0 Å². The van der Waals surface area contributed by atoms with Crippen LogP contribution in [-0.4, -0.2) is 0 Å². The normalized spacial score (nSPS) is 16.4. The molecule has 3 aromatic rings. The van der Waals surface area contributed by atoms with E-state index in [4.69, 9.17) is 0 Å². The SMILES string of the molecule is CC1C=Cc2cc(-c3cccc4ccccc34)cc(Br)c21. The first-order valence-electron chi connectivity index (χ1n) is 7.24. The van der Waals surface area contributed by atoms with E-state index in [1.807, 2.05) is 0 Å². The van der Waals surface area contributed by atoms with E-state index in [-0.39, 0.29) is 0 Å². The lowest BCUT2D eigenvalue weighted by Gasteiger charge is -2.12. The molecule has 0 spiro atoms. The quantitative estimate of drug-likeness (QED) is 0.483. The number of allylic oxidation sites excluding steroid dienone is 1. The van der Waals surface area contributed by atoms with Gasteiger partial charge in [-0.3, -0.25) is 0 Å². The predicted octanol–water partition coefficient (Wildman–Crippen LogP) is 6.40. The Kier molecular flexibility index (Phi) is 2.97. The number of halogens is 1. The molecule has 0 heterocycles. The molecule has 0 aliphatic heterocycles. The third-order valence-electron chi connectivity index (χ3n) is 4.28. The second kappa shape index (κ2) is 4.85. The highest BCUT2D eigenvalue weighted by molar-refractivity contribution is 9.10. The number of hydrogen-bond acceptors (Lipinski definition) is 0. The van der Waals surface area contributed by atoms with E-state index in [2.05, 4.69) is 89.6 Å². The van der Waals surface area contributed by atoms with Crippen molar-refractivity contribution in [3.05, 3.63) is 76.3 Å². The van der Waals surface area contributed by atoms with Gasteiger partial charge in [0.25, 0.3) is 0 Å².